The first-order valence-electron chi connectivity index (χ1n) is 8.23. The van der Waals surface area contributed by atoms with Crippen molar-refractivity contribution < 1.29 is 14.2 Å². The minimum absolute atomic E-state index is 0.427. The molecule has 0 aliphatic heterocycles. The second-order valence-electron chi connectivity index (χ2n) is 5.66. The molecular weight excluding hydrogens is 396 g/mol. The van der Waals surface area contributed by atoms with Gasteiger partial charge in [0.1, 0.15) is 16.8 Å². The van der Waals surface area contributed by atoms with Gasteiger partial charge in [0.15, 0.2) is 11.5 Å². The Morgan fingerprint density at radius 2 is 1.68 bits per heavy atom. The summed E-state index contributed by atoms with van der Waals surface area (Å²) in [6, 6.07) is 13.1. The van der Waals surface area contributed by atoms with Crippen LogP contribution in [0.2, 0.25) is 5.02 Å². The number of aromatic nitrogens is 1. The summed E-state index contributed by atoms with van der Waals surface area (Å²) in [7, 11) is 4.68. The highest BCUT2D eigenvalue weighted by atomic mass is 35.5. The van der Waals surface area contributed by atoms with Crippen LogP contribution in [0, 0.1) is 11.3 Å². The fraction of sp³-hybridized carbons (Fsp3) is 0.143. The van der Waals surface area contributed by atoms with E-state index in [4.69, 9.17) is 25.8 Å². The molecule has 0 radical (unpaired) electrons. The Morgan fingerprint density at radius 3 is 2.29 bits per heavy atom. The van der Waals surface area contributed by atoms with Crippen molar-refractivity contribution in [3.8, 4) is 34.6 Å². The van der Waals surface area contributed by atoms with E-state index in [1.165, 1.54) is 11.3 Å². The van der Waals surface area contributed by atoms with E-state index in [-0.39, 0.29) is 0 Å². The van der Waals surface area contributed by atoms with Gasteiger partial charge >= 0.3 is 0 Å². The molecule has 0 saturated carbocycles. The molecule has 0 bridgehead atoms. The Balaban J connectivity index is 2.01. The Morgan fingerprint density at radius 1 is 1.04 bits per heavy atom. The van der Waals surface area contributed by atoms with Crippen LogP contribution >= 0.6 is 22.9 Å². The zero-order valence-electron chi connectivity index (χ0n) is 15.5. The lowest BCUT2D eigenvalue weighted by Crippen LogP contribution is -1.95. The minimum atomic E-state index is 0.427. The molecule has 0 spiro atoms. The third-order valence-corrected chi connectivity index (χ3v) is 5.16. The Hall–Kier alpha value is -3.01. The van der Waals surface area contributed by atoms with E-state index in [9.17, 15) is 5.26 Å². The standard InChI is InChI=1S/C21H17ClN2O3S/c1-25-18-10-20(27-3)19(26-2)9-14(18)8-15(11-23)21-24-17(12-28-21)13-4-6-16(22)7-5-13/h4-10,12H,1-3H3/b15-8+. The van der Waals surface area contributed by atoms with E-state index >= 15 is 0 Å². The van der Waals surface area contributed by atoms with Crippen molar-refractivity contribution in [2.45, 2.75) is 0 Å². The number of benzene rings is 2. The summed E-state index contributed by atoms with van der Waals surface area (Å²) < 4.78 is 16.1. The molecule has 0 atom stereocenters. The summed E-state index contributed by atoms with van der Waals surface area (Å²) >= 11 is 7.34. The molecule has 7 heteroatoms. The molecule has 5 nitrogen and oxygen atoms in total. The molecule has 1 heterocycles. The summed E-state index contributed by atoms with van der Waals surface area (Å²) in [6.45, 7) is 0. The van der Waals surface area contributed by atoms with Crippen LogP contribution in [-0.2, 0) is 0 Å². The number of rotatable bonds is 6. The van der Waals surface area contributed by atoms with Crippen LogP contribution in [0.25, 0.3) is 22.9 Å². The fourth-order valence-electron chi connectivity index (χ4n) is 2.61. The van der Waals surface area contributed by atoms with Gasteiger partial charge in [-0.3, -0.25) is 0 Å². The number of thiazole rings is 1. The maximum Gasteiger partial charge on any atom is 0.164 e. The zero-order chi connectivity index (χ0) is 20.1. The lowest BCUT2D eigenvalue weighted by atomic mass is 10.1. The summed E-state index contributed by atoms with van der Waals surface area (Å²) in [5, 5.41) is 12.9. The molecule has 0 aliphatic carbocycles. The molecule has 0 fully saturated rings. The van der Waals surface area contributed by atoms with E-state index in [1.807, 2.05) is 29.6 Å². The first-order chi connectivity index (χ1) is 13.6. The SMILES string of the molecule is COc1cc(OC)c(OC)cc1/C=C(\C#N)c1nc(-c2ccc(Cl)cc2)cs1. The second-order valence-corrected chi connectivity index (χ2v) is 6.96. The largest absolute Gasteiger partial charge is 0.496 e. The molecule has 28 heavy (non-hydrogen) atoms. The van der Waals surface area contributed by atoms with Crippen molar-refractivity contribution in [3.63, 3.8) is 0 Å². The van der Waals surface area contributed by atoms with Gasteiger partial charge in [-0.25, -0.2) is 4.98 Å². The predicted octanol–water partition coefficient (Wildman–Crippen LogP) is 5.55. The molecule has 2 aromatic carbocycles. The van der Waals surface area contributed by atoms with Crippen LogP contribution in [0.1, 0.15) is 10.6 Å². The number of methoxy groups -OCH3 is 3. The summed E-state index contributed by atoms with van der Waals surface area (Å²) in [5.74, 6) is 1.67. The van der Waals surface area contributed by atoms with E-state index in [2.05, 4.69) is 11.1 Å². The normalized spacial score (nSPS) is 11.0. The highest BCUT2D eigenvalue weighted by molar-refractivity contribution is 7.11. The number of ether oxygens (including phenoxy) is 3. The second kappa shape index (κ2) is 8.79. The van der Waals surface area contributed by atoms with Crippen LogP contribution in [0.3, 0.4) is 0 Å². The Labute approximate surface area is 172 Å². The first-order valence-corrected chi connectivity index (χ1v) is 9.49. The lowest BCUT2D eigenvalue weighted by molar-refractivity contribution is 0.348. The Kier molecular flexibility index (Phi) is 6.19. The highest BCUT2D eigenvalue weighted by Gasteiger charge is 2.14. The van der Waals surface area contributed by atoms with Crippen molar-refractivity contribution in [1.82, 2.24) is 4.98 Å². The van der Waals surface area contributed by atoms with Gasteiger partial charge in [-0.2, -0.15) is 5.26 Å². The van der Waals surface area contributed by atoms with Crippen LogP contribution in [-0.4, -0.2) is 26.3 Å². The van der Waals surface area contributed by atoms with Gasteiger partial charge in [-0.1, -0.05) is 23.7 Å². The molecule has 3 rings (SSSR count). The van der Waals surface area contributed by atoms with Crippen LogP contribution in [0.5, 0.6) is 17.2 Å². The third kappa shape index (κ3) is 4.11. The van der Waals surface area contributed by atoms with Gasteiger partial charge in [0.05, 0.1) is 32.6 Å². The number of hydrogen-bond donors (Lipinski definition) is 0. The molecule has 0 amide bonds. The van der Waals surface area contributed by atoms with Gasteiger partial charge in [0.25, 0.3) is 0 Å². The van der Waals surface area contributed by atoms with Crippen molar-refractivity contribution in [2.24, 2.45) is 0 Å². The highest BCUT2D eigenvalue weighted by Crippen LogP contribution is 2.37. The van der Waals surface area contributed by atoms with Gasteiger partial charge in [-0.05, 0) is 24.3 Å². The maximum absolute atomic E-state index is 9.68. The Bertz CT molecular complexity index is 1050. The molecular formula is C21H17ClN2O3S. The minimum Gasteiger partial charge on any atom is -0.496 e. The molecule has 1 aromatic heterocycles. The molecule has 0 aliphatic rings. The van der Waals surface area contributed by atoms with Gasteiger partial charge in [0.2, 0.25) is 0 Å². The number of allylic oxidation sites excluding steroid dienone is 1. The average Bonchev–Trinajstić information content (AvgIpc) is 3.21. The van der Waals surface area contributed by atoms with Crippen LogP contribution in [0.15, 0.2) is 41.8 Å². The van der Waals surface area contributed by atoms with Gasteiger partial charge in [0, 0.05) is 27.6 Å². The van der Waals surface area contributed by atoms with Gasteiger partial charge < -0.3 is 14.2 Å². The molecule has 142 valence electrons. The van der Waals surface area contributed by atoms with Crippen LogP contribution < -0.4 is 14.2 Å². The fourth-order valence-corrected chi connectivity index (χ4v) is 3.53. The quantitative estimate of drug-likeness (QED) is 0.496. The van der Waals surface area contributed by atoms with Crippen molar-refractivity contribution in [3.05, 3.63) is 57.4 Å². The summed E-state index contributed by atoms with van der Waals surface area (Å²) in [4.78, 5) is 4.60. The summed E-state index contributed by atoms with van der Waals surface area (Å²) in [6.07, 6.45) is 1.73. The summed E-state index contributed by atoms with van der Waals surface area (Å²) in [5.41, 5.74) is 2.85. The van der Waals surface area contributed by atoms with Gasteiger partial charge in [-0.15, -0.1) is 11.3 Å². The average molecular weight is 413 g/mol. The molecule has 3 aromatic rings. The van der Waals surface area contributed by atoms with Crippen molar-refractivity contribution in [1.29, 1.82) is 5.26 Å². The zero-order valence-corrected chi connectivity index (χ0v) is 17.1. The van der Waals surface area contributed by atoms with E-state index in [0.717, 1.165) is 11.3 Å². The third-order valence-electron chi connectivity index (χ3n) is 4.03. The molecule has 0 N–H and O–H groups in total. The van der Waals surface area contributed by atoms with Crippen molar-refractivity contribution in [2.75, 3.05) is 21.3 Å². The number of hydrogen-bond acceptors (Lipinski definition) is 6. The smallest absolute Gasteiger partial charge is 0.164 e. The van der Waals surface area contributed by atoms with E-state index in [0.29, 0.717) is 38.4 Å². The number of nitrogens with zero attached hydrogens (tertiary/aromatic N) is 2. The van der Waals surface area contributed by atoms with E-state index < -0.39 is 0 Å². The van der Waals surface area contributed by atoms with Crippen molar-refractivity contribution >= 4 is 34.6 Å². The monoisotopic (exact) mass is 412 g/mol. The van der Waals surface area contributed by atoms with E-state index in [1.54, 1.807) is 39.5 Å². The molecule has 0 unspecified atom stereocenters. The molecule has 0 saturated heterocycles. The maximum atomic E-state index is 9.68. The first kappa shape index (κ1) is 19.7. The number of halogens is 1. The number of nitriles is 1. The predicted molar refractivity (Wildman–Crippen MR) is 112 cm³/mol. The topological polar surface area (TPSA) is 64.4 Å². The lowest BCUT2D eigenvalue weighted by Gasteiger charge is -2.12. The van der Waals surface area contributed by atoms with Crippen LogP contribution in [0.4, 0.5) is 0 Å².